The lowest BCUT2D eigenvalue weighted by Crippen LogP contribution is -2.42. The fourth-order valence-corrected chi connectivity index (χ4v) is 5.25. The van der Waals surface area contributed by atoms with Crippen molar-refractivity contribution in [1.29, 1.82) is 0 Å². The molecule has 4 rings (SSSR count). The van der Waals surface area contributed by atoms with Crippen LogP contribution >= 0.6 is 11.6 Å². The molecule has 0 aromatic carbocycles. The Bertz CT molecular complexity index is 1040. The molecule has 2 aromatic rings. The smallest absolute Gasteiger partial charge is 0.332 e. The Morgan fingerprint density at radius 1 is 1.26 bits per heavy atom. The molecular formula is C18H24ClN5O3. The SMILES string of the molecule is CC(NC(=O)Cn1c(Cl)nc2c1c(=O)n(C)c(=O)n2C)C1CC2CCC1C2. The highest BCUT2D eigenvalue weighted by molar-refractivity contribution is 6.29. The van der Waals surface area contributed by atoms with Gasteiger partial charge in [0.15, 0.2) is 11.2 Å². The van der Waals surface area contributed by atoms with Gasteiger partial charge >= 0.3 is 5.69 Å². The van der Waals surface area contributed by atoms with Crippen LogP contribution in [0.3, 0.4) is 0 Å². The number of halogens is 1. The van der Waals surface area contributed by atoms with Crippen LogP contribution in [0.15, 0.2) is 9.59 Å². The van der Waals surface area contributed by atoms with E-state index in [1.165, 1.54) is 48.9 Å². The van der Waals surface area contributed by atoms with Crippen molar-refractivity contribution in [2.24, 2.45) is 31.8 Å². The van der Waals surface area contributed by atoms with Gasteiger partial charge in [0.05, 0.1) is 0 Å². The van der Waals surface area contributed by atoms with Crippen LogP contribution in [-0.4, -0.2) is 30.6 Å². The van der Waals surface area contributed by atoms with Gasteiger partial charge in [-0.25, -0.2) is 4.79 Å². The molecule has 0 aliphatic heterocycles. The van der Waals surface area contributed by atoms with E-state index in [0.717, 1.165) is 10.5 Å². The minimum atomic E-state index is -0.513. The molecule has 2 heterocycles. The van der Waals surface area contributed by atoms with E-state index in [2.05, 4.69) is 17.2 Å². The van der Waals surface area contributed by atoms with E-state index in [9.17, 15) is 14.4 Å². The summed E-state index contributed by atoms with van der Waals surface area (Å²) in [6, 6.07) is 0.0912. The van der Waals surface area contributed by atoms with Crippen molar-refractivity contribution >= 4 is 28.7 Å². The molecule has 2 aromatic heterocycles. The molecule has 4 unspecified atom stereocenters. The highest BCUT2D eigenvalue weighted by Crippen LogP contribution is 2.49. The Hall–Kier alpha value is -2.09. The lowest BCUT2D eigenvalue weighted by molar-refractivity contribution is -0.122. The zero-order valence-electron chi connectivity index (χ0n) is 15.7. The van der Waals surface area contributed by atoms with Crippen LogP contribution < -0.4 is 16.6 Å². The van der Waals surface area contributed by atoms with Crippen LogP contribution in [0.5, 0.6) is 0 Å². The standard InChI is InChI=1S/C18H24ClN5O3/c1-9(12-7-10-4-5-11(12)6-10)20-13(25)8-24-14-15(21-17(24)19)22(2)18(27)23(3)16(14)26/h9-12H,4-8H2,1-3H3,(H,20,25). The first kappa shape index (κ1) is 18.3. The van der Waals surface area contributed by atoms with E-state index in [-0.39, 0.29) is 34.9 Å². The van der Waals surface area contributed by atoms with E-state index in [4.69, 9.17) is 11.6 Å². The summed E-state index contributed by atoms with van der Waals surface area (Å²) in [5.74, 6) is 1.85. The molecule has 2 bridgehead atoms. The summed E-state index contributed by atoms with van der Waals surface area (Å²) in [6.45, 7) is 1.95. The molecule has 1 amide bonds. The summed E-state index contributed by atoms with van der Waals surface area (Å²) in [5, 5.41) is 3.09. The van der Waals surface area contributed by atoms with Crippen molar-refractivity contribution in [3.05, 3.63) is 26.1 Å². The zero-order chi connectivity index (χ0) is 19.5. The van der Waals surface area contributed by atoms with Crippen molar-refractivity contribution in [2.75, 3.05) is 0 Å². The fraction of sp³-hybridized carbons (Fsp3) is 0.667. The van der Waals surface area contributed by atoms with Gasteiger partial charge in [-0.15, -0.1) is 0 Å². The van der Waals surface area contributed by atoms with Crippen LogP contribution in [0.4, 0.5) is 0 Å². The molecule has 2 saturated carbocycles. The summed E-state index contributed by atoms with van der Waals surface area (Å²) in [7, 11) is 2.92. The quantitative estimate of drug-likeness (QED) is 0.785. The molecule has 0 spiro atoms. The highest BCUT2D eigenvalue weighted by Gasteiger charge is 2.42. The first-order valence-corrected chi connectivity index (χ1v) is 9.76. The van der Waals surface area contributed by atoms with Crippen molar-refractivity contribution in [3.8, 4) is 0 Å². The Labute approximate surface area is 161 Å². The van der Waals surface area contributed by atoms with Gasteiger partial charge in [-0.05, 0) is 55.5 Å². The van der Waals surface area contributed by atoms with Gasteiger partial charge < -0.3 is 5.32 Å². The van der Waals surface area contributed by atoms with Gasteiger partial charge in [-0.2, -0.15) is 4.98 Å². The van der Waals surface area contributed by atoms with Gasteiger partial charge in [-0.3, -0.25) is 23.3 Å². The Morgan fingerprint density at radius 2 is 2.00 bits per heavy atom. The molecule has 2 aliphatic carbocycles. The Kier molecular flexibility index (Phi) is 4.41. The van der Waals surface area contributed by atoms with Crippen LogP contribution in [0.25, 0.3) is 11.2 Å². The summed E-state index contributed by atoms with van der Waals surface area (Å²) in [4.78, 5) is 41.3. The van der Waals surface area contributed by atoms with E-state index < -0.39 is 11.2 Å². The molecule has 0 radical (unpaired) electrons. The maximum Gasteiger partial charge on any atom is 0.332 e. The number of carbonyl (C=O) groups excluding carboxylic acids is 1. The van der Waals surface area contributed by atoms with Crippen LogP contribution in [0, 0.1) is 17.8 Å². The largest absolute Gasteiger partial charge is 0.352 e. The molecule has 1 N–H and O–H groups in total. The highest BCUT2D eigenvalue weighted by atomic mass is 35.5. The molecule has 9 heteroatoms. The zero-order valence-corrected chi connectivity index (χ0v) is 16.5. The maximum atomic E-state index is 12.6. The number of rotatable bonds is 4. The summed E-state index contributed by atoms with van der Waals surface area (Å²) in [5.41, 5.74) is -0.654. The third-order valence-electron chi connectivity index (χ3n) is 6.43. The number of fused-ring (bicyclic) bond motifs is 3. The number of carbonyl (C=O) groups is 1. The van der Waals surface area contributed by atoms with Gasteiger partial charge in [-0.1, -0.05) is 6.42 Å². The van der Waals surface area contributed by atoms with E-state index in [1.54, 1.807) is 0 Å². The fourth-order valence-electron chi connectivity index (χ4n) is 5.02. The second kappa shape index (κ2) is 6.51. The number of hydrogen-bond acceptors (Lipinski definition) is 4. The van der Waals surface area contributed by atoms with E-state index >= 15 is 0 Å². The molecular weight excluding hydrogens is 370 g/mol. The van der Waals surface area contributed by atoms with Gasteiger partial charge in [0.1, 0.15) is 6.54 Å². The summed E-state index contributed by atoms with van der Waals surface area (Å²) >= 11 is 6.18. The Balaban J connectivity index is 1.58. The normalized spacial score (nSPS) is 25.3. The Morgan fingerprint density at radius 3 is 2.63 bits per heavy atom. The van der Waals surface area contributed by atoms with Crippen molar-refractivity contribution < 1.29 is 4.79 Å². The van der Waals surface area contributed by atoms with Crippen molar-refractivity contribution in [2.45, 2.75) is 45.2 Å². The number of aryl methyl sites for hydroxylation is 1. The molecule has 0 saturated heterocycles. The maximum absolute atomic E-state index is 12.6. The predicted molar refractivity (Wildman–Crippen MR) is 102 cm³/mol. The average Bonchev–Trinajstić information content (AvgIpc) is 3.33. The number of nitrogens with one attached hydrogen (secondary N) is 1. The molecule has 2 aliphatic rings. The molecule has 2 fully saturated rings. The monoisotopic (exact) mass is 393 g/mol. The first-order chi connectivity index (χ1) is 12.8. The molecule has 146 valence electrons. The minimum absolute atomic E-state index is 0.0195. The van der Waals surface area contributed by atoms with Gasteiger partial charge in [0.2, 0.25) is 11.2 Å². The second-order valence-corrected chi connectivity index (χ2v) is 8.38. The van der Waals surface area contributed by atoms with E-state index in [0.29, 0.717) is 11.8 Å². The number of nitrogens with zero attached hydrogens (tertiary/aromatic N) is 4. The van der Waals surface area contributed by atoms with Gasteiger partial charge in [0, 0.05) is 20.1 Å². The van der Waals surface area contributed by atoms with Gasteiger partial charge in [0.25, 0.3) is 5.56 Å². The lowest BCUT2D eigenvalue weighted by Gasteiger charge is -2.28. The number of imidazole rings is 1. The average molecular weight is 394 g/mol. The molecule has 8 nitrogen and oxygen atoms in total. The summed E-state index contributed by atoms with van der Waals surface area (Å²) < 4.78 is 3.63. The van der Waals surface area contributed by atoms with E-state index in [1.807, 2.05) is 0 Å². The third kappa shape index (κ3) is 2.90. The number of aromatic nitrogens is 4. The predicted octanol–water partition coefficient (Wildman–Crippen LogP) is 1.03. The van der Waals surface area contributed by atoms with Crippen LogP contribution in [0.2, 0.25) is 5.28 Å². The summed E-state index contributed by atoms with van der Waals surface area (Å²) in [6.07, 6.45) is 5.05. The minimum Gasteiger partial charge on any atom is -0.352 e. The lowest BCUT2D eigenvalue weighted by atomic mass is 9.84. The number of amides is 1. The molecule has 4 atom stereocenters. The topological polar surface area (TPSA) is 90.9 Å². The third-order valence-corrected chi connectivity index (χ3v) is 6.72. The number of hydrogen-bond donors (Lipinski definition) is 1. The first-order valence-electron chi connectivity index (χ1n) is 9.39. The van der Waals surface area contributed by atoms with Crippen LogP contribution in [0.1, 0.15) is 32.6 Å². The molecule has 27 heavy (non-hydrogen) atoms. The second-order valence-electron chi connectivity index (χ2n) is 8.04. The van der Waals surface area contributed by atoms with Crippen molar-refractivity contribution in [1.82, 2.24) is 24.0 Å². The van der Waals surface area contributed by atoms with Crippen LogP contribution in [-0.2, 0) is 25.4 Å². The van der Waals surface area contributed by atoms with Crippen molar-refractivity contribution in [3.63, 3.8) is 0 Å².